The molecule has 7 heteroatoms. The van der Waals surface area contributed by atoms with Gasteiger partial charge in [0.1, 0.15) is 15.7 Å². The summed E-state index contributed by atoms with van der Waals surface area (Å²) in [5.41, 5.74) is 15.5. The summed E-state index contributed by atoms with van der Waals surface area (Å²) in [6.07, 6.45) is 3.40. The first kappa shape index (κ1) is 25.7. The smallest absolute Gasteiger partial charge is 0.189 e. The van der Waals surface area contributed by atoms with E-state index in [1.54, 1.807) is 22.7 Å². The van der Waals surface area contributed by atoms with Gasteiger partial charge in [-0.2, -0.15) is 0 Å². The Hall–Kier alpha value is -2.90. The molecule has 194 valence electrons. The fraction of sp³-hybridized carbons (Fsp3) is 0.400. The minimum atomic E-state index is 0.165. The van der Waals surface area contributed by atoms with Gasteiger partial charge in [-0.25, -0.2) is 9.97 Å². The Morgan fingerprint density at radius 3 is 2.24 bits per heavy atom. The Kier molecular flexibility index (Phi) is 6.57. The molecule has 0 spiro atoms. The lowest BCUT2D eigenvalue weighted by atomic mass is 9.62. The number of nitrogens with two attached hydrogens (primary N) is 1. The predicted molar refractivity (Wildman–Crippen MR) is 162 cm³/mol. The summed E-state index contributed by atoms with van der Waals surface area (Å²) in [6.45, 7) is 11.8. The maximum Gasteiger partial charge on any atom is 0.189 e. The monoisotopic (exact) mass is 531 g/mol. The van der Waals surface area contributed by atoms with Crippen LogP contribution >= 0.6 is 22.7 Å². The number of anilines is 4. The van der Waals surface area contributed by atoms with Crippen molar-refractivity contribution < 1.29 is 0 Å². The quantitative estimate of drug-likeness (QED) is 0.262. The Morgan fingerprint density at radius 2 is 1.62 bits per heavy atom. The molecule has 37 heavy (non-hydrogen) atoms. The van der Waals surface area contributed by atoms with Crippen LogP contribution in [0.2, 0.25) is 0 Å². The number of nitrogens with zero attached hydrogens (tertiary/aromatic N) is 3. The van der Waals surface area contributed by atoms with Gasteiger partial charge in [0.25, 0.3) is 0 Å². The molecule has 4 aromatic rings. The van der Waals surface area contributed by atoms with Crippen molar-refractivity contribution in [3.8, 4) is 21.1 Å². The van der Waals surface area contributed by atoms with Crippen molar-refractivity contribution in [3.63, 3.8) is 0 Å². The summed E-state index contributed by atoms with van der Waals surface area (Å²) in [4.78, 5) is 12.7. The van der Waals surface area contributed by atoms with Crippen LogP contribution in [0.4, 0.5) is 22.3 Å². The molecule has 2 aromatic heterocycles. The maximum absolute atomic E-state index is 6.37. The van der Waals surface area contributed by atoms with Crippen LogP contribution in [0.3, 0.4) is 0 Å². The fourth-order valence-corrected chi connectivity index (χ4v) is 7.02. The average molecular weight is 532 g/mol. The molecule has 0 atom stereocenters. The van der Waals surface area contributed by atoms with E-state index in [-0.39, 0.29) is 10.8 Å². The molecule has 0 fully saturated rings. The summed E-state index contributed by atoms with van der Waals surface area (Å²) >= 11 is 3.19. The number of rotatable bonds is 6. The van der Waals surface area contributed by atoms with Crippen LogP contribution in [0.15, 0.2) is 41.8 Å². The SMILES string of the molecule is CCc1cc2c(cc1-c1csc(-c3sc(Nc4ccc(N(C)C)cc4)nc3N)n1)C(C)(C)CCC2(C)C. The van der Waals surface area contributed by atoms with Gasteiger partial charge < -0.3 is 16.0 Å². The molecule has 1 aliphatic carbocycles. The molecule has 5 rings (SSSR count). The third kappa shape index (κ3) is 4.87. The summed E-state index contributed by atoms with van der Waals surface area (Å²) in [7, 11) is 4.07. The molecule has 2 heterocycles. The second-order valence-corrected chi connectivity index (χ2v) is 13.4. The van der Waals surface area contributed by atoms with Crippen LogP contribution in [0, 0.1) is 0 Å². The highest BCUT2D eigenvalue weighted by atomic mass is 32.1. The summed E-state index contributed by atoms with van der Waals surface area (Å²) < 4.78 is 0. The molecule has 1 aliphatic rings. The Labute approximate surface area is 228 Å². The van der Waals surface area contributed by atoms with Crippen molar-refractivity contribution in [3.05, 3.63) is 58.5 Å². The van der Waals surface area contributed by atoms with Gasteiger partial charge in [0.05, 0.1) is 5.69 Å². The Morgan fingerprint density at radius 1 is 0.973 bits per heavy atom. The molecule has 3 N–H and O–H groups in total. The number of fused-ring (bicyclic) bond motifs is 1. The Bertz CT molecular complexity index is 1430. The van der Waals surface area contributed by atoms with Gasteiger partial charge in [0.15, 0.2) is 5.13 Å². The minimum absolute atomic E-state index is 0.165. The second-order valence-electron chi connectivity index (χ2n) is 11.5. The Balaban J connectivity index is 1.47. The predicted octanol–water partition coefficient (Wildman–Crippen LogP) is 8.24. The van der Waals surface area contributed by atoms with Crippen LogP contribution in [0.1, 0.15) is 64.2 Å². The molecule has 2 aromatic carbocycles. The van der Waals surface area contributed by atoms with Gasteiger partial charge in [-0.05, 0) is 77.1 Å². The first-order valence-corrected chi connectivity index (χ1v) is 14.6. The van der Waals surface area contributed by atoms with E-state index in [1.807, 2.05) is 14.1 Å². The van der Waals surface area contributed by atoms with Crippen molar-refractivity contribution in [2.75, 3.05) is 30.0 Å². The first-order valence-electron chi connectivity index (χ1n) is 12.9. The molecule has 0 radical (unpaired) electrons. The molecular formula is C30H37N5S2. The fourth-order valence-electron chi connectivity index (χ4n) is 5.20. The van der Waals surface area contributed by atoms with Gasteiger partial charge in [-0.3, -0.25) is 0 Å². The molecular weight excluding hydrogens is 494 g/mol. The number of aryl methyl sites for hydroxylation is 1. The van der Waals surface area contributed by atoms with E-state index in [0.29, 0.717) is 5.82 Å². The molecule has 0 amide bonds. The van der Waals surface area contributed by atoms with Crippen LogP contribution in [0.5, 0.6) is 0 Å². The maximum atomic E-state index is 6.37. The van der Waals surface area contributed by atoms with Crippen LogP contribution in [-0.2, 0) is 17.3 Å². The van der Waals surface area contributed by atoms with E-state index < -0.39 is 0 Å². The third-order valence-corrected chi connectivity index (χ3v) is 9.70. The summed E-state index contributed by atoms with van der Waals surface area (Å²) in [5.74, 6) is 0.516. The van der Waals surface area contributed by atoms with Gasteiger partial charge >= 0.3 is 0 Å². The van der Waals surface area contributed by atoms with E-state index in [9.17, 15) is 0 Å². The highest BCUT2D eigenvalue weighted by molar-refractivity contribution is 7.23. The molecule has 0 saturated carbocycles. The van der Waals surface area contributed by atoms with Gasteiger partial charge in [0.2, 0.25) is 0 Å². The van der Waals surface area contributed by atoms with Crippen LogP contribution < -0.4 is 16.0 Å². The number of benzene rings is 2. The molecule has 0 bridgehead atoms. The summed E-state index contributed by atoms with van der Waals surface area (Å²) in [5, 5.41) is 7.25. The highest BCUT2D eigenvalue weighted by Crippen LogP contribution is 2.48. The number of hydrogen-bond donors (Lipinski definition) is 2. The van der Waals surface area contributed by atoms with Gasteiger partial charge in [-0.15, -0.1) is 11.3 Å². The lowest BCUT2D eigenvalue weighted by Gasteiger charge is -2.42. The zero-order valence-corrected chi connectivity index (χ0v) is 24.5. The van der Waals surface area contributed by atoms with E-state index >= 15 is 0 Å². The molecule has 0 saturated heterocycles. The number of nitrogen functional groups attached to an aromatic ring is 1. The normalized spacial score (nSPS) is 15.9. The molecule has 0 unspecified atom stereocenters. The van der Waals surface area contributed by atoms with Crippen molar-refractivity contribution in [2.45, 2.75) is 64.7 Å². The van der Waals surface area contributed by atoms with E-state index in [1.165, 1.54) is 35.1 Å². The van der Waals surface area contributed by atoms with Crippen molar-refractivity contribution in [1.82, 2.24) is 9.97 Å². The van der Waals surface area contributed by atoms with Crippen molar-refractivity contribution in [1.29, 1.82) is 0 Å². The first-order chi connectivity index (χ1) is 17.5. The van der Waals surface area contributed by atoms with Gasteiger partial charge in [0, 0.05) is 36.4 Å². The van der Waals surface area contributed by atoms with Crippen LogP contribution in [-0.4, -0.2) is 24.1 Å². The van der Waals surface area contributed by atoms with E-state index in [4.69, 9.17) is 10.7 Å². The van der Waals surface area contributed by atoms with Crippen molar-refractivity contribution >= 4 is 45.0 Å². The standard InChI is InChI=1S/C30H37N5S2/c1-8-18-15-22-23(30(4,5)14-13-29(22,2)3)16-21(18)24-17-36-27(33-24)25-26(31)34-28(37-25)32-19-9-11-20(12-10-19)35(6)7/h9-12,15-17H,8,13-14,31H2,1-7H3,(H,32,34). The lowest BCUT2D eigenvalue weighted by molar-refractivity contribution is 0.331. The molecule has 5 nitrogen and oxygen atoms in total. The largest absolute Gasteiger partial charge is 0.382 e. The number of aromatic nitrogens is 2. The average Bonchev–Trinajstić information content (AvgIpc) is 3.48. The zero-order chi connectivity index (χ0) is 26.5. The third-order valence-electron chi connectivity index (χ3n) is 7.72. The molecule has 0 aliphatic heterocycles. The van der Waals surface area contributed by atoms with Gasteiger partial charge in [-0.1, -0.05) is 52.0 Å². The second kappa shape index (κ2) is 9.44. The van der Waals surface area contributed by atoms with Crippen LogP contribution in [0.25, 0.3) is 21.1 Å². The number of thiazole rings is 2. The zero-order valence-electron chi connectivity index (χ0n) is 22.9. The topological polar surface area (TPSA) is 67.1 Å². The van der Waals surface area contributed by atoms with E-state index in [0.717, 1.165) is 38.5 Å². The van der Waals surface area contributed by atoms with E-state index in [2.05, 4.69) is 91.6 Å². The highest BCUT2D eigenvalue weighted by Gasteiger charge is 2.37. The number of hydrogen-bond acceptors (Lipinski definition) is 7. The summed E-state index contributed by atoms with van der Waals surface area (Å²) in [6, 6.07) is 13.2. The number of nitrogens with one attached hydrogen (secondary N) is 1. The minimum Gasteiger partial charge on any atom is -0.382 e. The van der Waals surface area contributed by atoms with Crippen molar-refractivity contribution in [2.24, 2.45) is 0 Å². The lowest BCUT2D eigenvalue weighted by Crippen LogP contribution is -2.34.